The fraction of sp³-hybridized carbons (Fsp3) is 0.185. The summed E-state index contributed by atoms with van der Waals surface area (Å²) in [4.78, 5) is 17.9. The first-order valence-corrected chi connectivity index (χ1v) is 11.7. The van der Waals surface area contributed by atoms with E-state index in [1.54, 1.807) is 6.92 Å². The molecule has 0 aliphatic carbocycles. The van der Waals surface area contributed by atoms with Crippen molar-refractivity contribution < 1.29 is 18.7 Å². The molecule has 4 aromatic rings. The summed E-state index contributed by atoms with van der Waals surface area (Å²) < 4.78 is 16.9. The van der Waals surface area contributed by atoms with Crippen molar-refractivity contribution in [2.75, 3.05) is 13.2 Å². The lowest BCUT2D eigenvalue weighted by atomic mass is 10.1. The number of ether oxygens (including phenoxy) is 2. The number of aryl methyl sites for hydroxylation is 1. The zero-order chi connectivity index (χ0) is 23.0. The van der Waals surface area contributed by atoms with Crippen molar-refractivity contribution in [1.82, 2.24) is 4.98 Å². The van der Waals surface area contributed by atoms with E-state index in [1.807, 2.05) is 85.1 Å². The van der Waals surface area contributed by atoms with Crippen LogP contribution < -0.4 is 4.74 Å². The monoisotopic (exact) mass is 459 g/mol. The number of benzene rings is 2. The molecule has 2 heterocycles. The molecular formula is C27H25NO4S. The van der Waals surface area contributed by atoms with Gasteiger partial charge in [-0.1, -0.05) is 36.4 Å². The van der Waals surface area contributed by atoms with E-state index >= 15 is 0 Å². The van der Waals surface area contributed by atoms with Gasteiger partial charge < -0.3 is 13.9 Å². The van der Waals surface area contributed by atoms with Crippen LogP contribution in [0.4, 0.5) is 0 Å². The van der Waals surface area contributed by atoms with Crippen molar-refractivity contribution in [3.05, 3.63) is 94.0 Å². The number of rotatable bonds is 9. The number of carbonyl (C=O) groups is 1. The van der Waals surface area contributed by atoms with E-state index in [9.17, 15) is 4.79 Å². The lowest BCUT2D eigenvalue weighted by Crippen LogP contribution is -2.05. The van der Waals surface area contributed by atoms with Crippen LogP contribution in [0, 0.1) is 6.92 Å². The van der Waals surface area contributed by atoms with Gasteiger partial charge in [0.15, 0.2) is 0 Å². The second-order valence-electron chi connectivity index (χ2n) is 7.31. The Morgan fingerprint density at radius 3 is 2.55 bits per heavy atom. The third-order valence-corrected chi connectivity index (χ3v) is 5.90. The van der Waals surface area contributed by atoms with Crippen molar-refractivity contribution in [2.45, 2.75) is 20.3 Å². The van der Waals surface area contributed by atoms with E-state index in [4.69, 9.17) is 13.9 Å². The SMILES string of the molecule is CCOC(=O)C(=Cc1ccc(OCCc2nc(-c3ccccc3)oc2C)cc1)c1cccs1. The van der Waals surface area contributed by atoms with Crippen LogP contribution in [0.15, 0.2) is 76.5 Å². The van der Waals surface area contributed by atoms with Gasteiger partial charge in [0.1, 0.15) is 11.5 Å². The zero-order valence-electron chi connectivity index (χ0n) is 18.6. The van der Waals surface area contributed by atoms with E-state index in [1.165, 1.54) is 11.3 Å². The lowest BCUT2D eigenvalue weighted by molar-refractivity contribution is -0.136. The summed E-state index contributed by atoms with van der Waals surface area (Å²) in [7, 11) is 0. The van der Waals surface area contributed by atoms with E-state index < -0.39 is 0 Å². The Morgan fingerprint density at radius 1 is 1.06 bits per heavy atom. The third kappa shape index (κ3) is 5.79. The van der Waals surface area contributed by atoms with Gasteiger partial charge in [-0.05, 0) is 61.2 Å². The first-order chi connectivity index (χ1) is 16.1. The number of nitrogens with zero attached hydrogens (tertiary/aromatic N) is 1. The first-order valence-electron chi connectivity index (χ1n) is 10.8. The van der Waals surface area contributed by atoms with Gasteiger partial charge >= 0.3 is 5.97 Å². The molecule has 5 nitrogen and oxygen atoms in total. The molecule has 2 aromatic carbocycles. The van der Waals surface area contributed by atoms with Crippen molar-refractivity contribution in [1.29, 1.82) is 0 Å². The van der Waals surface area contributed by atoms with E-state index in [2.05, 4.69) is 4.98 Å². The Labute approximate surface area is 197 Å². The van der Waals surface area contributed by atoms with Crippen molar-refractivity contribution in [3.63, 3.8) is 0 Å². The fourth-order valence-electron chi connectivity index (χ4n) is 3.33. The highest BCUT2D eigenvalue weighted by Crippen LogP contribution is 2.25. The molecule has 6 heteroatoms. The van der Waals surface area contributed by atoms with Gasteiger partial charge in [-0.2, -0.15) is 0 Å². The van der Waals surface area contributed by atoms with E-state index in [0.717, 1.165) is 33.2 Å². The molecular weight excluding hydrogens is 434 g/mol. The van der Waals surface area contributed by atoms with Crippen LogP contribution in [-0.2, 0) is 16.0 Å². The smallest absolute Gasteiger partial charge is 0.339 e. The second kappa shape index (κ2) is 10.8. The topological polar surface area (TPSA) is 61.6 Å². The number of esters is 1. The molecule has 0 amide bonds. The summed E-state index contributed by atoms with van der Waals surface area (Å²) in [6.45, 7) is 4.55. The van der Waals surface area contributed by atoms with Crippen molar-refractivity contribution in [3.8, 4) is 17.2 Å². The van der Waals surface area contributed by atoms with Gasteiger partial charge in [-0.25, -0.2) is 9.78 Å². The molecule has 2 aromatic heterocycles. The summed E-state index contributed by atoms with van der Waals surface area (Å²) in [6.07, 6.45) is 2.49. The third-order valence-electron chi connectivity index (χ3n) is 4.99. The maximum atomic E-state index is 12.4. The molecule has 0 atom stereocenters. The van der Waals surface area contributed by atoms with Crippen LogP contribution in [-0.4, -0.2) is 24.2 Å². The van der Waals surface area contributed by atoms with Crippen LogP contribution in [0.25, 0.3) is 23.1 Å². The molecule has 0 unspecified atom stereocenters. The highest BCUT2D eigenvalue weighted by Gasteiger charge is 2.14. The minimum absolute atomic E-state index is 0.321. The standard InChI is InChI=1S/C27H25NO4S/c1-3-30-27(29)23(25-10-7-17-33-25)18-20-11-13-22(14-12-20)31-16-15-24-19(2)32-26(28-24)21-8-5-4-6-9-21/h4-14,17-18H,3,15-16H2,1-2H3. The average molecular weight is 460 g/mol. The maximum Gasteiger partial charge on any atom is 0.339 e. The molecule has 0 spiro atoms. The number of hydrogen-bond acceptors (Lipinski definition) is 6. The van der Waals surface area contributed by atoms with Crippen LogP contribution in [0.2, 0.25) is 0 Å². The molecule has 0 fully saturated rings. The molecule has 0 aliphatic heterocycles. The quantitative estimate of drug-likeness (QED) is 0.213. The Hall–Kier alpha value is -3.64. The second-order valence-corrected chi connectivity index (χ2v) is 8.26. The normalized spacial score (nSPS) is 11.4. The molecule has 0 aliphatic rings. The van der Waals surface area contributed by atoms with Crippen LogP contribution in [0.3, 0.4) is 0 Å². The molecule has 168 valence electrons. The van der Waals surface area contributed by atoms with Gasteiger partial charge in [0.2, 0.25) is 5.89 Å². The maximum absolute atomic E-state index is 12.4. The van der Waals surface area contributed by atoms with Gasteiger partial charge in [-0.3, -0.25) is 0 Å². The summed E-state index contributed by atoms with van der Waals surface area (Å²) in [6, 6.07) is 21.3. The predicted octanol–water partition coefficient (Wildman–Crippen LogP) is 6.44. The fourth-order valence-corrected chi connectivity index (χ4v) is 4.06. The number of hydrogen-bond donors (Lipinski definition) is 0. The molecule has 0 N–H and O–H groups in total. The van der Waals surface area contributed by atoms with Crippen LogP contribution in [0.1, 0.15) is 28.8 Å². The lowest BCUT2D eigenvalue weighted by Gasteiger charge is -2.07. The zero-order valence-corrected chi connectivity index (χ0v) is 19.4. The Morgan fingerprint density at radius 2 is 1.85 bits per heavy atom. The number of aromatic nitrogens is 1. The van der Waals surface area contributed by atoms with Gasteiger partial charge in [-0.15, -0.1) is 11.3 Å². The molecule has 0 saturated heterocycles. The van der Waals surface area contributed by atoms with Crippen LogP contribution in [0.5, 0.6) is 5.75 Å². The largest absolute Gasteiger partial charge is 0.493 e. The Kier molecular flexibility index (Phi) is 7.37. The summed E-state index contributed by atoms with van der Waals surface area (Å²) in [5.74, 6) is 1.86. The molecule has 0 radical (unpaired) electrons. The first kappa shape index (κ1) is 22.6. The van der Waals surface area contributed by atoms with Gasteiger partial charge in [0, 0.05) is 16.9 Å². The van der Waals surface area contributed by atoms with E-state index in [-0.39, 0.29) is 5.97 Å². The average Bonchev–Trinajstić information content (AvgIpc) is 3.49. The van der Waals surface area contributed by atoms with Gasteiger partial charge in [0.25, 0.3) is 0 Å². The summed E-state index contributed by atoms with van der Waals surface area (Å²) in [5.41, 5.74) is 3.31. The highest BCUT2D eigenvalue weighted by atomic mass is 32.1. The Bertz CT molecular complexity index is 1210. The highest BCUT2D eigenvalue weighted by molar-refractivity contribution is 7.11. The Balaban J connectivity index is 1.39. The molecule has 4 rings (SSSR count). The number of oxazole rings is 1. The van der Waals surface area contributed by atoms with Gasteiger partial charge in [0.05, 0.1) is 24.5 Å². The molecule has 0 saturated carbocycles. The van der Waals surface area contributed by atoms with Crippen LogP contribution >= 0.6 is 11.3 Å². The molecule has 33 heavy (non-hydrogen) atoms. The predicted molar refractivity (Wildman–Crippen MR) is 131 cm³/mol. The minimum atomic E-state index is -0.321. The number of thiophene rings is 1. The summed E-state index contributed by atoms with van der Waals surface area (Å²) in [5, 5.41) is 1.94. The van der Waals surface area contributed by atoms with Crippen molar-refractivity contribution >= 4 is 29.0 Å². The number of carbonyl (C=O) groups excluding carboxylic acids is 1. The van der Waals surface area contributed by atoms with Crippen molar-refractivity contribution in [2.24, 2.45) is 0 Å². The summed E-state index contributed by atoms with van der Waals surface area (Å²) >= 11 is 1.51. The minimum Gasteiger partial charge on any atom is -0.493 e. The molecule has 0 bridgehead atoms. The van der Waals surface area contributed by atoms with E-state index in [0.29, 0.717) is 31.1 Å².